The van der Waals surface area contributed by atoms with Crippen molar-refractivity contribution in [2.45, 2.75) is 38.3 Å². The normalized spacial score (nSPS) is 16.7. The van der Waals surface area contributed by atoms with Crippen molar-refractivity contribution < 1.29 is 14.6 Å². The van der Waals surface area contributed by atoms with Gasteiger partial charge in [0.25, 0.3) is 5.91 Å². The summed E-state index contributed by atoms with van der Waals surface area (Å²) in [6.45, 7) is 4.31. The van der Waals surface area contributed by atoms with Gasteiger partial charge in [-0.3, -0.25) is 4.79 Å². The lowest BCUT2D eigenvalue weighted by atomic mass is 9.95. The Hall–Kier alpha value is -2.34. The SMILES string of the molecule is CCn1ccnc1C1CCN(C(=O)[C@@H](O)c2ccc(OC)cc2)CC1. The second kappa shape index (κ2) is 7.70. The van der Waals surface area contributed by atoms with E-state index in [-0.39, 0.29) is 5.91 Å². The molecule has 0 spiro atoms. The molecule has 134 valence electrons. The Labute approximate surface area is 148 Å². The summed E-state index contributed by atoms with van der Waals surface area (Å²) in [5, 5.41) is 10.4. The van der Waals surface area contributed by atoms with Crippen LogP contribution in [-0.4, -0.2) is 45.7 Å². The summed E-state index contributed by atoms with van der Waals surface area (Å²) in [6, 6.07) is 6.96. The highest BCUT2D eigenvalue weighted by atomic mass is 16.5. The molecule has 3 rings (SSSR count). The van der Waals surface area contributed by atoms with Crippen molar-refractivity contribution in [2.75, 3.05) is 20.2 Å². The van der Waals surface area contributed by atoms with Crippen LogP contribution in [0.5, 0.6) is 5.75 Å². The fourth-order valence-electron chi connectivity index (χ4n) is 3.41. The third-order valence-electron chi connectivity index (χ3n) is 4.93. The van der Waals surface area contributed by atoms with Crippen LogP contribution in [0.4, 0.5) is 0 Å². The monoisotopic (exact) mass is 343 g/mol. The maximum atomic E-state index is 12.6. The van der Waals surface area contributed by atoms with Gasteiger partial charge in [-0.15, -0.1) is 0 Å². The van der Waals surface area contributed by atoms with E-state index in [2.05, 4.69) is 16.5 Å². The number of hydrogen-bond acceptors (Lipinski definition) is 4. The number of rotatable bonds is 5. The van der Waals surface area contributed by atoms with Gasteiger partial charge in [0.15, 0.2) is 6.10 Å². The Morgan fingerprint density at radius 2 is 2.00 bits per heavy atom. The first kappa shape index (κ1) is 17.5. The van der Waals surface area contributed by atoms with Crippen LogP contribution < -0.4 is 4.74 Å². The highest BCUT2D eigenvalue weighted by molar-refractivity contribution is 5.82. The molecule has 1 saturated heterocycles. The lowest BCUT2D eigenvalue weighted by Crippen LogP contribution is -2.41. The first-order chi connectivity index (χ1) is 12.1. The molecular weight excluding hydrogens is 318 g/mol. The van der Waals surface area contributed by atoms with E-state index < -0.39 is 6.10 Å². The summed E-state index contributed by atoms with van der Waals surface area (Å²) in [5.74, 6) is 1.94. The maximum Gasteiger partial charge on any atom is 0.256 e. The number of carbonyl (C=O) groups excluding carboxylic acids is 1. The molecular formula is C19H25N3O3. The molecule has 0 saturated carbocycles. The van der Waals surface area contributed by atoms with Crippen LogP contribution in [0, 0.1) is 0 Å². The van der Waals surface area contributed by atoms with Gasteiger partial charge in [-0.05, 0) is 37.5 Å². The minimum atomic E-state index is -1.12. The van der Waals surface area contributed by atoms with Crippen LogP contribution in [-0.2, 0) is 11.3 Å². The fraction of sp³-hybridized carbons (Fsp3) is 0.474. The largest absolute Gasteiger partial charge is 0.497 e. The minimum Gasteiger partial charge on any atom is -0.497 e. The molecule has 1 aliphatic heterocycles. The molecule has 6 nitrogen and oxygen atoms in total. The molecule has 1 atom stereocenters. The van der Waals surface area contributed by atoms with Crippen molar-refractivity contribution in [3.8, 4) is 5.75 Å². The molecule has 25 heavy (non-hydrogen) atoms. The quantitative estimate of drug-likeness (QED) is 0.905. The van der Waals surface area contributed by atoms with E-state index in [0.29, 0.717) is 30.3 Å². The zero-order valence-electron chi connectivity index (χ0n) is 14.8. The zero-order chi connectivity index (χ0) is 17.8. The number of benzene rings is 1. The third-order valence-corrected chi connectivity index (χ3v) is 4.93. The summed E-state index contributed by atoms with van der Waals surface area (Å²) in [5.41, 5.74) is 0.592. The molecule has 1 amide bonds. The smallest absolute Gasteiger partial charge is 0.256 e. The number of aryl methyl sites for hydroxylation is 1. The van der Waals surface area contributed by atoms with Crippen LogP contribution in [0.3, 0.4) is 0 Å². The molecule has 2 aromatic rings. The number of piperidine rings is 1. The molecule has 0 aliphatic carbocycles. The van der Waals surface area contributed by atoms with E-state index in [9.17, 15) is 9.90 Å². The first-order valence-electron chi connectivity index (χ1n) is 8.75. The van der Waals surface area contributed by atoms with Gasteiger partial charge in [-0.25, -0.2) is 4.98 Å². The van der Waals surface area contributed by atoms with E-state index >= 15 is 0 Å². The van der Waals surface area contributed by atoms with Crippen molar-refractivity contribution in [1.82, 2.24) is 14.5 Å². The molecule has 0 bridgehead atoms. The van der Waals surface area contributed by atoms with Crippen molar-refractivity contribution in [1.29, 1.82) is 0 Å². The van der Waals surface area contributed by atoms with Gasteiger partial charge < -0.3 is 19.3 Å². The van der Waals surface area contributed by atoms with E-state index in [4.69, 9.17) is 4.74 Å². The van der Waals surface area contributed by atoms with E-state index in [1.54, 1.807) is 36.3 Å². The molecule has 1 fully saturated rings. The van der Waals surface area contributed by atoms with E-state index in [1.165, 1.54) is 0 Å². The Bertz CT molecular complexity index is 703. The van der Waals surface area contributed by atoms with Gasteiger partial charge in [-0.2, -0.15) is 0 Å². The molecule has 1 aromatic carbocycles. The predicted octanol–water partition coefficient (Wildman–Crippen LogP) is 2.35. The third kappa shape index (κ3) is 3.69. The first-order valence-corrected chi connectivity index (χ1v) is 8.75. The van der Waals surface area contributed by atoms with Gasteiger partial charge in [0.2, 0.25) is 0 Å². The van der Waals surface area contributed by atoms with Crippen molar-refractivity contribution >= 4 is 5.91 Å². The lowest BCUT2D eigenvalue weighted by Gasteiger charge is -2.33. The summed E-state index contributed by atoms with van der Waals surface area (Å²) in [6.07, 6.45) is 4.46. The highest BCUT2D eigenvalue weighted by Gasteiger charge is 2.29. The standard InChI is InChI=1S/C19H25N3O3/c1-3-21-13-10-20-18(21)15-8-11-22(12-9-15)19(24)17(23)14-4-6-16(25-2)7-5-14/h4-7,10,13,15,17,23H,3,8-9,11-12H2,1-2H3/t17-/m0/s1. The van der Waals surface area contributed by atoms with Gasteiger partial charge in [-0.1, -0.05) is 12.1 Å². The number of aromatic nitrogens is 2. The molecule has 1 aromatic heterocycles. The highest BCUT2D eigenvalue weighted by Crippen LogP contribution is 2.28. The number of nitrogens with zero attached hydrogens (tertiary/aromatic N) is 3. The zero-order valence-corrected chi connectivity index (χ0v) is 14.8. The van der Waals surface area contributed by atoms with Crippen LogP contribution in [0.2, 0.25) is 0 Å². The molecule has 1 aliphatic rings. The van der Waals surface area contributed by atoms with Gasteiger partial charge >= 0.3 is 0 Å². The topological polar surface area (TPSA) is 67.6 Å². The molecule has 2 heterocycles. The Balaban J connectivity index is 1.60. The van der Waals surface area contributed by atoms with Crippen molar-refractivity contribution in [3.05, 3.63) is 48.0 Å². The number of imidazole rings is 1. The van der Waals surface area contributed by atoms with Gasteiger partial charge in [0, 0.05) is 37.9 Å². The van der Waals surface area contributed by atoms with Crippen LogP contribution in [0.25, 0.3) is 0 Å². The van der Waals surface area contributed by atoms with Crippen LogP contribution in [0.1, 0.15) is 43.2 Å². The molecule has 0 radical (unpaired) electrons. The second-order valence-corrected chi connectivity index (χ2v) is 6.35. The average molecular weight is 343 g/mol. The number of likely N-dealkylation sites (tertiary alicyclic amines) is 1. The number of hydrogen-bond donors (Lipinski definition) is 1. The Morgan fingerprint density at radius 3 is 2.60 bits per heavy atom. The number of carbonyl (C=O) groups is 1. The van der Waals surface area contributed by atoms with Crippen LogP contribution >= 0.6 is 0 Å². The maximum absolute atomic E-state index is 12.6. The summed E-state index contributed by atoms with van der Waals surface area (Å²) < 4.78 is 7.27. The van der Waals surface area contributed by atoms with Crippen molar-refractivity contribution in [3.63, 3.8) is 0 Å². The number of ether oxygens (including phenoxy) is 1. The molecule has 6 heteroatoms. The van der Waals surface area contributed by atoms with E-state index in [1.807, 2.05) is 12.4 Å². The van der Waals surface area contributed by atoms with Crippen molar-refractivity contribution in [2.24, 2.45) is 0 Å². The number of aliphatic hydroxyl groups is 1. The predicted molar refractivity (Wildman–Crippen MR) is 94.4 cm³/mol. The second-order valence-electron chi connectivity index (χ2n) is 6.35. The molecule has 0 unspecified atom stereocenters. The lowest BCUT2D eigenvalue weighted by molar-refractivity contribution is -0.141. The average Bonchev–Trinajstić information content (AvgIpc) is 3.16. The number of amides is 1. The number of methoxy groups -OCH3 is 1. The Morgan fingerprint density at radius 1 is 1.32 bits per heavy atom. The summed E-state index contributed by atoms with van der Waals surface area (Å²) in [4.78, 5) is 18.8. The summed E-state index contributed by atoms with van der Waals surface area (Å²) >= 11 is 0. The van der Waals surface area contributed by atoms with Gasteiger partial charge in [0.05, 0.1) is 7.11 Å². The minimum absolute atomic E-state index is 0.234. The summed E-state index contributed by atoms with van der Waals surface area (Å²) in [7, 11) is 1.59. The van der Waals surface area contributed by atoms with E-state index in [0.717, 1.165) is 25.2 Å². The Kier molecular flexibility index (Phi) is 5.38. The van der Waals surface area contributed by atoms with Crippen LogP contribution in [0.15, 0.2) is 36.7 Å². The molecule has 1 N–H and O–H groups in total. The van der Waals surface area contributed by atoms with Gasteiger partial charge in [0.1, 0.15) is 11.6 Å². The number of aliphatic hydroxyl groups excluding tert-OH is 1. The fourth-order valence-corrected chi connectivity index (χ4v) is 3.41.